The molecule has 2 unspecified atom stereocenters. The number of fused-ring (bicyclic) bond motifs is 1. The molecule has 8 heteroatoms. The summed E-state index contributed by atoms with van der Waals surface area (Å²) in [4.78, 5) is 16.5. The van der Waals surface area contributed by atoms with Gasteiger partial charge < -0.3 is 14.4 Å². The van der Waals surface area contributed by atoms with E-state index < -0.39 is 9.84 Å². The predicted molar refractivity (Wildman–Crippen MR) is 91.9 cm³/mol. The molecule has 2 fully saturated rings. The maximum Gasteiger partial charge on any atom is 0.249 e. The lowest BCUT2D eigenvalue weighted by Gasteiger charge is -2.36. The van der Waals surface area contributed by atoms with Gasteiger partial charge in [-0.25, -0.2) is 8.42 Å². The molecule has 25 heavy (non-hydrogen) atoms. The van der Waals surface area contributed by atoms with Crippen LogP contribution in [-0.4, -0.2) is 82.5 Å². The third-order valence-corrected chi connectivity index (χ3v) is 5.88. The van der Waals surface area contributed by atoms with Crippen LogP contribution in [0.1, 0.15) is 5.56 Å². The van der Waals surface area contributed by atoms with Crippen LogP contribution in [0, 0.1) is 0 Å². The van der Waals surface area contributed by atoms with Crippen molar-refractivity contribution in [3.8, 4) is 0 Å². The minimum Gasteiger partial charge on any atom is -0.383 e. The molecule has 1 aromatic rings. The van der Waals surface area contributed by atoms with E-state index in [9.17, 15) is 13.2 Å². The Kier molecular flexibility index (Phi) is 5.43. The molecule has 3 rings (SSSR count). The van der Waals surface area contributed by atoms with Crippen molar-refractivity contribution in [2.45, 2.75) is 23.6 Å². The van der Waals surface area contributed by atoms with E-state index in [1.165, 1.54) is 6.26 Å². The van der Waals surface area contributed by atoms with Crippen LogP contribution in [0.5, 0.6) is 0 Å². The Morgan fingerprint density at radius 1 is 1.24 bits per heavy atom. The number of nitrogens with zero attached hydrogens (tertiary/aromatic N) is 2. The minimum absolute atomic E-state index is 0.0117. The molecule has 2 heterocycles. The summed E-state index contributed by atoms with van der Waals surface area (Å²) in [7, 11) is -1.55. The molecular weight excluding hydrogens is 344 g/mol. The topological polar surface area (TPSA) is 76.2 Å². The lowest BCUT2D eigenvalue weighted by Crippen LogP contribution is -2.54. The van der Waals surface area contributed by atoms with Gasteiger partial charge in [0, 0.05) is 39.5 Å². The normalized spacial score (nSPS) is 24.6. The van der Waals surface area contributed by atoms with Crippen LogP contribution in [0.4, 0.5) is 0 Å². The highest BCUT2D eigenvalue weighted by Crippen LogP contribution is 2.25. The van der Waals surface area contributed by atoms with Gasteiger partial charge in [-0.15, -0.1) is 0 Å². The third kappa shape index (κ3) is 4.20. The molecule has 0 aliphatic carbocycles. The average Bonchev–Trinajstić information content (AvgIpc) is 2.96. The molecule has 0 saturated carbocycles. The maximum absolute atomic E-state index is 12.1. The zero-order valence-corrected chi connectivity index (χ0v) is 15.4. The Bertz CT molecular complexity index is 719. The summed E-state index contributed by atoms with van der Waals surface area (Å²) >= 11 is 0. The fourth-order valence-corrected chi connectivity index (χ4v) is 4.08. The van der Waals surface area contributed by atoms with Crippen molar-refractivity contribution in [3.05, 3.63) is 29.8 Å². The first-order valence-electron chi connectivity index (χ1n) is 8.30. The zero-order valence-electron chi connectivity index (χ0n) is 14.6. The predicted octanol–water partition coefficient (Wildman–Crippen LogP) is 0.148. The molecule has 0 aromatic heterocycles. The first kappa shape index (κ1) is 18.3. The number of benzene rings is 1. The number of methoxy groups -OCH3 is 1. The number of amides is 1. The van der Waals surface area contributed by atoms with Gasteiger partial charge in [-0.1, -0.05) is 12.1 Å². The standard InChI is InChI=1S/C17H24N2O5S/c1-23-8-7-19-15-10-18(11-16(15)24-12-17(19)20)9-13-3-5-14(6-4-13)25(2,21)22/h3-6,15-16H,7-12H2,1-2H3. The van der Waals surface area contributed by atoms with Gasteiger partial charge in [0.25, 0.3) is 0 Å². The first-order chi connectivity index (χ1) is 11.9. The second-order valence-corrected chi connectivity index (χ2v) is 8.62. The van der Waals surface area contributed by atoms with E-state index in [4.69, 9.17) is 9.47 Å². The SMILES string of the molecule is COCCN1C(=O)COC2CN(Cc3ccc(S(C)(=O)=O)cc3)CC21. The van der Waals surface area contributed by atoms with Crippen molar-refractivity contribution < 1.29 is 22.7 Å². The summed E-state index contributed by atoms with van der Waals surface area (Å²) in [6, 6.07) is 7.00. The molecule has 2 aliphatic heterocycles. The second-order valence-electron chi connectivity index (χ2n) is 6.61. The van der Waals surface area contributed by atoms with Gasteiger partial charge in [-0.3, -0.25) is 9.69 Å². The van der Waals surface area contributed by atoms with Gasteiger partial charge in [0.15, 0.2) is 9.84 Å². The summed E-state index contributed by atoms with van der Waals surface area (Å²) in [6.07, 6.45) is 1.22. The molecule has 1 aromatic carbocycles. The van der Waals surface area contributed by atoms with Crippen molar-refractivity contribution in [1.82, 2.24) is 9.80 Å². The van der Waals surface area contributed by atoms with E-state index in [1.54, 1.807) is 19.2 Å². The van der Waals surface area contributed by atoms with E-state index in [-0.39, 0.29) is 24.7 Å². The van der Waals surface area contributed by atoms with Gasteiger partial charge in [0.1, 0.15) is 6.61 Å². The Hall–Kier alpha value is -1.48. The Balaban J connectivity index is 1.65. The molecule has 0 spiro atoms. The number of hydrogen-bond donors (Lipinski definition) is 0. The zero-order chi connectivity index (χ0) is 18.0. The summed E-state index contributed by atoms with van der Waals surface area (Å²) in [5, 5.41) is 0. The fourth-order valence-electron chi connectivity index (χ4n) is 3.45. The van der Waals surface area contributed by atoms with Crippen LogP contribution in [-0.2, 0) is 30.7 Å². The van der Waals surface area contributed by atoms with Crippen molar-refractivity contribution in [3.63, 3.8) is 0 Å². The molecule has 1 amide bonds. The van der Waals surface area contributed by atoms with Crippen molar-refractivity contribution in [2.75, 3.05) is 46.2 Å². The molecule has 0 bridgehead atoms. The third-order valence-electron chi connectivity index (χ3n) is 4.75. The van der Waals surface area contributed by atoms with Crippen LogP contribution >= 0.6 is 0 Å². The number of rotatable bonds is 6. The van der Waals surface area contributed by atoms with E-state index >= 15 is 0 Å². The summed E-state index contributed by atoms with van der Waals surface area (Å²) in [6.45, 7) is 3.43. The molecule has 7 nitrogen and oxygen atoms in total. The number of sulfone groups is 1. The number of hydrogen-bond acceptors (Lipinski definition) is 6. The number of carbonyl (C=O) groups excluding carboxylic acids is 1. The lowest BCUT2D eigenvalue weighted by molar-refractivity contribution is -0.153. The van der Waals surface area contributed by atoms with E-state index in [2.05, 4.69) is 4.90 Å². The lowest BCUT2D eigenvalue weighted by atomic mass is 10.1. The van der Waals surface area contributed by atoms with Gasteiger partial charge in [-0.05, 0) is 17.7 Å². The van der Waals surface area contributed by atoms with Crippen LogP contribution in [0.2, 0.25) is 0 Å². The molecular formula is C17H24N2O5S. The molecule has 2 aliphatic rings. The Labute approximate surface area is 148 Å². The van der Waals surface area contributed by atoms with Crippen LogP contribution in [0.3, 0.4) is 0 Å². The smallest absolute Gasteiger partial charge is 0.249 e. The minimum atomic E-state index is -3.18. The number of likely N-dealkylation sites (tertiary alicyclic amines) is 1. The Morgan fingerprint density at radius 2 is 1.96 bits per heavy atom. The quantitative estimate of drug-likeness (QED) is 0.711. The molecule has 0 N–H and O–H groups in total. The highest BCUT2D eigenvalue weighted by Gasteiger charge is 2.42. The summed E-state index contributed by atoms with van der Waals surface area (Å²) in [5.41, 5.74) is 1.04. The van der Waals surface area contributed by atoms with Crippen molar-refractivity contribution in [1.29, 1.82) is 0 Å². The van der Waals surface area contributed by atoms with E-state index in [0.29, 0.717) is 24.6 Å². The van der Waals surface area contributed by atoms with E-state index in [1.807, 2.05) is 17.0 Å². The number of morpholine rings is 1. The molecule has 0 radical (unpaired) electrons. The van der Waals surface area contributed by atoms with Crippen molar-refractivity contribution >= 4 is 15.7 Å². The van der Waals surface area contributed by atoms with Gasteiger partial charge in [0.2, 0.25) is 5.91 Å². The summed E-state index contributed by atoms with van der Waals surface area (Å²) in [5.74, 6) is 0.0117. The maximum atomic E-state index is 12.1. The van der Waals surface area contributed by atoms with Crippen LogP contribution < -0.4 is 0 Å². The highest BCUT2D eigenvalue weighted by molar-refractivity contribution is 7.90. The second kappa shape index (κ2) is 7.41. The summed E-state index contributed by atoms with van der Waals surface area (Å²) < 4.78 is 33.9. The number of carbonyl (C=O) groups is 1. The number of ether oxygens (including phenoxy) is 2. The van der Waals surface area contributed by atoms with E-state index in [0.717, 1.165) is 18.7 Å². The van der Waals surface area contributed by atoms with Gasteiger partial charge in [-0.2, -0.15) is 0 Å². The van der Waals surface area contributed by atoms with Crippen LogP contribution in [0.15, 0.2) is 29.2 Å². The molecule has 2 saturated heterocycles. The van der Waals surface area contributed by atoms with Gasteiger partial charge in [0.05, 0.1) is 23.6 Å². The fraction of sp³-hybridized carbons (Fsp3) is 0.588. The largest absolute Gasteiger partial charge is 0.383 e. The molecule has 138 valence electrons. The highest BCUT2D eigenvalue weighted by atomic mass is 32.2. The van der Waals surface area contributed by atoms with Crippen LogP contribution in [0.25, 0.3) is 0 Å². The van der Waals surface area contributed by atoms with Crippen molar-refractivity contribution in [2.24, 2.45) is 0 Å². The molecule has 2 atom stereocenters. The monoisotopic (exact) mass is 368 g/mol. The average molecular weight is 368 g/mol. The van der Waals surface area contributed by atoms with Gasteiger partial charge >= 0.3 is 0 Å². The Morgan fingerprint density at radius 3 is 2.60 bits per heavy atom. The first-order valence-corrected chi connectivity index (χ1v) is 10.2.